The number of carboxylic acid groups (broad SMARTS) is 1. The van der Waals surface area contributed by atoms with Crippen LogP contribution in [0.5, 0.6) is 0 Å². The van der Waals surface area contributed by atoms with E-state index in [0.717, 1.165) is 28.3 Å². The van der Waals surface area contributed by atoms with Crippen LogP contribution in [0.25, 0.3) is 0 Å². The number of nitrogens with zero attached hydrogens (tertiary/aromatic N) is 2. The summed E-state index contributed by atoms with van der Waals surface area (Å²) < 4.78 is 12.9. The molecular weight excluding hydrogens is 472 g/mol. The predicted octanol–water partition coefficient (Wildman–Crippen LogP) is 4.68. The summed E-state index contributed by atoms with van der Waals surface area (Å²) in [5.41, 5.74) is 1.55. The lowest BCUT2D eigenvalue weighted by Gasteiger charge is -2.25. The van der Waals surface area contributed by atoms with E-state index in [9.17, 15) is 18.9 Å². The third-order valence-corrected chi connectivity index (χ3v) is 9.86. The number of aromatic carboxylic acids is 1. The second kappa shape index (κ2) is 11.1. The van der Waals surface area contributed by atoms with Gasteiger partial charge in [0.25, 0.3) is 0 Å². The van der Waals surface area contributed by atoms with E-state index in [1.165, 1.54) is 38.3 Å². The van der Waals surface area contributed by atoms with E-state index >= 15 is 0 Å². The molecule has 4 unspecified atom stereocenters. The van der Waals surface area contributed by atoms with Gasteiger partial charge in [0.1, 0.15) is 15.5 Å². The largest absolute Gasteiger partial charge is 0.477 e. The van der Waals surface area contributed by atoms with Crippen molar-refractivity contribution < 1.29 is 24.0 Å². The van der Waals surface area contributed by atoms with Crippen LogP contribution in [0.1, 0.15) is 84.6 Å². The first-order valence-electron chi connectivity index (χ1n) is 12.0. The number of aliphatic hydroxyl groups excluding tert-OH is 1. The number of carbonyl (C=O) groups is 2. The molecule has 0 spiro atoms. The Balaban J connectivity index is 1.41. The van der Waals surface area contributed by atoms with Crippen molar-refractivity contribution in [1.29, 1.82) is 0 Å². The summed E-state index contributed by atoms with van der Waals surface area (Å²) in [6, 6.07) is 7.45. The molecule has 34 heavy (non-hydrogen) atoms. The number of amides is 1. The molecule has 9 heteroatoms. The minimum Gasteiger partial charge on any atom is -0.477 e. The Morgan fingerprint density at radius 1 is 1.24 bits per heavy atom. The molecule has 1 aliphatic heterocycles. The molecule has 2 N–H and O–H groups in total. The highest BCUT2D eigenvalue weighted by Gasteiger charge is 2.44. The van der Waals surface area contributed by atoms with E-state index in [4.69, 9.17) is 5.11 Å². The Labute approximate surface area is 206 Å². The predicted molar refractivity (Wildman–Crippen MR) is 133 cm³/mol. The maximum absolute atomic E-state index is 12.9. The van der Waals surface area contributed by atoms with Gasteiger partial charge >= 0.3 is 5.97 Å². The van der Waals surface area contributed by atoms with Gasteiger partial charge < -0.3 is 10.2 Å². The zero-order valence-electron chi connectivity index (χ0n) is 19.4. The summed E-state index contributed by atoms with van der Waals surface area (Å²) in [5, 5.41) is 19.5. The van der Waals surface area contributed by atoms with Crippen LogP contribution in [-0.2, 0) is 22.0 Å². The average Bonchev–Trinajstić information content (AvgIpc) is 3.39. The van der Waals surface area contributed by atoms with Crippen LogP contribution in [0.15, 0.2) is 30.5 Å². The Hall–Kier alpha value is -2.10. The van der Waals surface area contributed by atoms with Gasteiger partial charge in [-0.25, -0.2) is 9.78 Å². The number of hydrogen-bond acceptors (Lipinski definition) is 6. The SMILES string of the molecule is CC1C(=O)N(c2ccc(C(O)CC3CCCCC3)cc2)C(CCCc2ncc(C(=O)O)s2)S1=O. The van der Waals surface area contributed by atoms with E-state index in [1.54, 1.807) is 11.8 Å². The highest BCUT2D eigenvalue weighted by molar-refractivity contribution is 7.87. The molecule has 4 rings (SSSR count). The average molecular weight is 505 g/mol. The number of benzene rings is 1. The fourth-order valence-corrected chi connectivity index (χ4v) is 7.41. The molecule has 0 radical (unpaired) electrons. The summed E-state index contributed by atoms with van der Waals surface area (Å²) in [4.78, 5) is 30.0. The fourth-order valence-electron chi connectivity index (χ4n) is 5.00. The van der Waals surface area contributed by atoms with Gasteiger partial charge in [-0.05, 0) is 56.2 Å². The van der Waals surface area contributed by atoms with Crippen molar-refractivity contribution in [3.05, 3.63) is 45.9 Å². The van der Waals surface area contributed by atoms with Gasteiger partial charge in [-0.1, -0.05) is 44.2 Å². The third kappa shape index (κ3) is 5.58. The summed E-state index contributed by atoms with van der Waals surface area (Å²) >= 11 is 1.15. The lowest BCUT2D eigenvalue weighted by atomic mass is 9.84. The first kappa shape index (κ1) is 25.0. The first-order chi connectivity index (χ1) is 16.3. The van der Waals surface area contributed by atoms with E-state index in [0.29, 0.717) is 30.9 Å². The van der Waals surface area contributed by atoms with Crippen LogP contribution < -0.4 is 4.90 Å². The second-order valence-electron chi connectivity index (χ2n) is 9.30. The second-order valence-corrected chi connectivity index (χ2v) is 12.3. The molecule has 2 aliphatic rings. The molecule has 184 valence electrons. The highest BCUT2D eigenvalue weighted by atomic mass is 32.2. The van der Waals surface area contributed by atoms with Crippen molar-refractivity contribution in [2.75, 3.05) is 4.90 Å². The zero-order valence-corrected chi connectivity index (χ0v) is 21.0. The summed E-state index contributed by atoms with van der Waals surface area (Å²) in [7, 11) is -1.33. The van der Waals surface area contributed by atoms with Gasteiger partial charge in [0, 0.05) is 5.69 Å². The minimum atomic E-state index is -1.33. The molecule has 2 heterocycles. The molecule has 1 aromatic heterocycles. The molecule has 4 atom stereocenters. The van der Waals surface area contributed by atoms with Crippen molar-refractivity contribution in [2.45, 2.75) is 81.4 Å². The smallest absolute Gasteiger partial charge is 0.347 e. The van der Waals surface area contributed by atoms with Gasteiger partial charge in [0.05, 0.1) is 28.1 Å². The standard InChI is InChI=1S/C25H32N2O5S2/c1-16-24(29)27(23(34(16)32)9-5-8-22-26-15-21(33-22)25(30)31)19-12-10-18(11-13-19)20(28)14-17-6-3-2-4-7-17/h10-13,15-17,20,23,28H,2-9,14H2,1H3,(H,30,31). The topological polar surface area (TPSA) is 108 Å². The number of aromatic nitrogens is 1. The zero-order chi connectivity index (χ0) is 24.2. The quantitative estimate of drug-likeness (QED) is 0.513. The molecule has 7 nitrogen and oxygen atoms in total. The number of rotatable bonds is 9. The summed E-state index contributed by atoms with van der Waals surface area (Å²) in [5.74, 6) is -0.569. The molecule has 2 fully saturated rings. The number of aryl methyl sites for hydroxylation is 1. The number of carbonyl (C=O) groups excluding carboxylic acids is 1. The monoisotopic (exact) mass is 504 g/mol. The number of hydrogen-bond donors (Lipinski definition) is 2. The van der Waals surface area contributed by atoms with Crippen LogP contribution in [0, 0.1) is 5.92 Å². The number of carboxylic acids is 1. The maximum Gasteiger partial charge on any atom is 0.347 e. The van der Waals surface area contributed by atoms with E-state index in [2.05, 4.69) is 4.98 Å². The Kier molecular flexibility index (Phi) is 8.16. The van der Waals surface area contributed by atoms with Crippen LogP contribution >= 0.6 is 11.3 Å². The van der Waals surface area contributed by atoms with E-state index < -0.39 is 33.5 Å². The van der Waals surface area contributed by atoms with Gasteiger partial charge in [0.15, 0.2) is 0 Å². The molecule has 1 aromatic carbocycles. The molecule has 2 aromatic rings. The van der Waals surface area contributed by atoms with Gasteiger partial charge in [0.2, 0.25) is 5.91 Å². The molecular formula is C25H32N2O5S2. The third-order valence-electron chi connectivity index (χ3n) is 6.93. The van der Waals surface area contributed by atoms with Crippen LogP contribution in [0.2, 0.25) is 0 Å². The molecule has 1 saturated heterocycles. The normalized spacial score (nSPS) is 24.5. The molecule has 1 saturated carbocycles. The van der Waals surface area contributed by atoms with Crippen LogP contribution in [0.4, 0.5) is 5.69 Å². The van der Waals surface area contributed by atoms with Crippen LogP contribution in [0.3, 0.4) is 0 Å². The fraction of sp³-hybridized carbons (Fsp3) is 0.560. The van der Waals surface area contributed by atoms with Gasteiger partial charge in [-0.3, -0.25) is 13.9 Å². The number of anilines is 1. The van der Waals surface area contributed by atoms with Crippen molar-refractivity contribution in [3.63, 3.8) is 0 Å². The van der Waals surface area contributed by atoms with Gasteiger partial charge in [-0.2, -0.15) is 0 Å². The first-order valence-corrected chi connectivity index (χ1v) is 14.1. The summed E-state index contributed by atoms with van der Waals surface area (Å²) in [6.45, 7) is 1.70. The number of aliphatic hydroxyl groups is 1. The maximum atomic E-state index is 12.9. The number of thiazole rings is 1. The van der Waals surface area contributed by atoms with Crippen molar-refractivity contribution in [2.24, 2.45) is 5.92 Å². The Bertz CT molecular complexity index is 1030. The van der Waals surface area contributed by atoms with Crippen molar-refractivity contribution >= 4 is 39.7 Å². The Morgan fingerprint density at radius 2 is 1.94 bits per heavy atom. The van der Waals surface area contributed by atoms with E-state index in [1.807, 2.05) is 24.3 Å². The van der Waals surface area contributed by atoms with E-state index in [-0.39, 0.29) is 10.8 Å². The lowest BCUT2D eigenvalue weighted by molar-refractivity contribution is -0.117. The molecule has 0 bridgehead atoms. The molecule has 1 amide bonds. The Morgan fingerprint density at radius 3 is 2.59 bits per heavy atom. The van der Waals surface area contributed by atoms with Crippen LogP contribution in [-0.4, -0.2) is 41.9 Å². The van der Waals surface area contributed by atoms with Crippen molar-refractivity contribution in [3.8, 4) is 0 Å². The highest BCUT2D eigenvalue weighted by Crippen LogP contribution is 2.35. The van der Waals surface area contributed by atoms with Crippen molar-refractivity contribution in [1.82, 2.24) is 4.98 Å². The minimum absolute atomic E-state index is 0.152. The lowest BCUT2D eigenvalue weighted by Crippen LogP contribution is -2.34. The summed E-state index contributed by atoms with van der Waals surface area (Å²) in [6.07, 6.45) is 9.53. The van der Waals surface area contributed by atoms with Gasteiger partial charge in [-0.15, -0.1) is 11.3 Å². The molecule has 1 aliphatic carbocycles.